The number of aromatic nitrogens is 1. The summed E-state index contributed by atoms with van der Waals surface area (Å²) in [5.74, 6) is -0.500. The maximum atomic E-state index is 11.8. The standard InChI is InChI=1S/C12H13Cl2N3O2/c13-8-3-4-9(14)17-11(8)12(19)15-6-5-10(18)16-7-1-2-7/h3-4,7H,1-2,5-6H2,(H,15,19)(H,16,18). The molecule has 0 bridgehead atoms. The van der Waals surface area contributed by atoms with Gasteiger partial charge >= 0.3 is 0 Å². The molecule has 1 saturated carbocycles. The van der Waals surface area contributed by atoms with Crippen molar-refractivity contribution in [2.24, 2.45) is 0 Å². The molecule has 1 aliphatic rings. The summed E-state index contributed by atoms with van der Waals surface area (Å²) in [6, 6.07) is 3.34. The van der Waals surface area contributed by atoms with Crippen molar-refractivity contribution in [3.8, 4) is 0 Å². The number of amides is 2. The molecule has 0 aliphatic heterocycles. The molecule has 19 heavy (non-hydrogen) atoms. The van der Waals surface area contributed by atoms with Gasteiger partial charge in [-0.25, -0.2) is 4.98 Å². The van der Waals surface area contributed by atoms with Gasteiger partial charge in [0.1, 0.15) is 10.8 Å². The quantitative estimate of drug-likeness (QED) is 0.815. The summed E-state index contributed by atoms with van der Waals surface area (Å²) in [7, 11) is 0. The van der Waals surface area contributed by atoms with Crippen LogP contribution in [0.2, 0.25) is 10.2 Å². The zero-order chi connectivity index (χ0) is 13.8. The molecule has 102 valence electrons. The Balaban J connectivity index is 1.80. The van der Waals surface area contributed by atoms with E-state index in [1.807, 2.05) is 0 Å². The van der Waals surface area contributed by atoms with E-state index in [0.717, 1.165) is 12.8 Å². The van der Waals surface area contributed by atoms with Crippen LogP contribution in [-0.2, 0) is 4.79 Å². The number of hydrogen-bond acceptors (Lipinski definition) is 3. The Labute approximate surface area is 120 Å². The van der Waals surface area contributed by atoms with E-state index in [2.05, 4.69) is 15.6 Å². The molecule has 1 aromatic heterocycles. The van der Waals surface area contributed by atoms with E-state index in [1.165, 1.54) is 12.1 Å². The first-order valence-electron chi connectivity index (χ1n) is 5.96. The second kappa shape index (κ2) is 6.21. The van der Waals surface area contributed by atoms with Crippen LogP contribution in [-0.4, -0.2) is 29.4 Å². The van der Waals surface area contributed by atoms with Gasteiger partial charge in [0.15, 0.2) is 0 Å². The average molecular weight is 302 g/mol. The molecule has 1 heterocycles. The lowest BCUT2D eigenvalue weighted by Gasteiger charge is -2.06. The molecule has 0 atom stereocenters. The molecule has 0 radical (unpaired) electrons. The van der Waals surface area contributed by atoms with Gasteiger partial charge in [0, 0.05) is 19.0 Å². The van der Waals surface area contributed by atoms with Crippen molar-refractivity contribution < 1.29 is 9.59 Å². The van der Waals surface area contributed by atoms with Crippen LogP contribution in [0.15, 0.2) is 12.1 Å². The van der Waals surface area contributed by atoms with E-state index in [9.17, 15) is 9.59 Å². The monoisotopic (exact) mass is 301 g/mol. The van der Waals surface area contributed by atoms with Crippen LogP contribution < -0.4 is 10.6 Å². The minimum atomic E-state index is -0.438. The molecule has 1 aliphatic carbocycles. The topological polar surface area (TPSA) is 71.1 Å². The van der Waals surface area contributed by atoms with Crippen LogP contribution in [0.25, 0.3) is 0 Å². The van der Waals surface area contributed by atoms with E-state index >= 15 is 0 Å². The van der Waals surface area contributed by atoms with E-state index < -0.39 is 5.91 Å². The van der Waals surface area contributed by atoms with Gasteiger partial charge in [-0.2, -0.15) is 0 Å². The first-order chi connectivity index (χ1) is 9.06. The maximum absolute atomic E-state index is 11.8. The van der Waals surface area contributed by atoms with E-state index in [4.69, 9.17) is 23.2 Å². The van der Waals surface area contributed by atoms with Gasteiger partial charge in [0.25, 0.3) is 5.91 Å². The Morgan fingerprint density at radius 2 is 2.05 bits per heavy atom. The first-order valence-corrected chi connectivity index (χ1v) is 6.71. The fourth-order valence-electron chi connectivity index (χ4n) is 1.48. The Kier molecular flexibility index (Phi) is 4.61. The number of nitrogens with zero attached hydrogens (tertiary/aromatic N) is 1. The number of halogens is 2. The van der Waals surface area contributed by atoms with Gasteiger partial charge in [0.05, 0.1) is 5.02 Å². The molecular formula is C12H13Cl2N3O2. The summed E-state index contributed by atoms with van der Waals surface area (Å²) in [6.45, 7) is 0.238. The lowest BCUT2D eigenvalue weighted by Crippen LogP contribution is -2.32. The SMILES string of the molecule is O=C(CCNC(=O)c1nc(Cl)ccc1Cl)NC1CC1. The van der Waals surface area contributed by atoms with Crippen molar-refractivity contribution in [3.05, 3.63) is 28.0 Å². The summed E-state index contributed by atoms with van der Waals surface area (Å²) >= 11 is 11.5. The number of rotatable bonds is 5. The fourth-order valence-corrected chi connectivity index (χ4v) is 1.82. The second-order valence-corrected chi connectivity index (χ2v) is 5.11. The first kappa shape index (κ1) is 14.1. The van der Waals surface area contributed by atoms with E-state index in [-0.39, 0.29) is 34.7 Å². The van der Waals surface area contributed by atoms with Crippen LogP contribution in [0, 0.1) is 0 Å². The highest BCUT2D eigenvalue weighted by Gasteiger charge is 2.23. The van der Waals surface area contributed by atoms with Gasteiger partial charge in [-0.1, -0.05) is 23.2 Å². The molecular weight excluding hydrogens is 289 g/mol. The van der Waals surface area contributed by atoms with E-state index in [0.29, 0.717) is 6.04 Å². The third kappa shape index (κ3) is 4.36. The fraction of sp³-hybridized carbons (Fsp3) is 0.417. The Morgan fingerprint density at radius 3 is 2.74 bits per heavy atom. The highest BCUT2D eigenvalue weighted by atomic mass is 35.5. The molecule has 0 saturated heterocycles. The molecule has 2 rings (SSSR count). The summed E-state index contributed by atoms with van der Waals surface area (Å²) in [6.07, 6.45) is 2.32. The number of carbonyl (C=O) groups is 2. The van der Waals surface area contributed by atoms with Crippen LogP contribution in [0.5, 0.6) is 0 Å². The normalized spacial score (nSPS) is 14.0. The zero-order valence-electron chi connectivity index (χ0n) is 10.1. The Bertz CT molecular complexity index is 504. The highest BCUT2D eigenvalue weighted by molar-refractivity contribution is 6.34. The Hall–Kier alpha value is -1.33. The van der Waals surface area contributed by atoms with E-state index in [1.54, 1.807) is 0 Å². The van der Waals surface area contributed by atoms with Crippen molar-refractivity contribution in [2.75, 3.05) is 6.54 Å². The lowest BCUT2D eigenvalue weighted by molar-refractivity contribution is -0.121. The zero-order valence-corrected chi connectivity index (χ0v) is 11.6. The molecule has 7 heteroatoms. The minimum Gasteiger partial charge on any atom is -0.353 e. The second-order valence-electron chi connectivity index (χ2n) is 4.31. The summed E-state index contributed by atoms with van der Waals surface area (Å²) in [5.41, 5.74) is 0.0665. The van der Waals surface area contributed by atoms with Crippen molar-refractivity contribution in [2.45, 2.75) is 25.3 Å². The number of pyridine rings is 1. The smallest absolute Gasteiger partial charge is 0.271 e. The number of hydrogen-bond donors (Lipinski definition) is 2. The van der Waals surface area contributed by atoms with Crippen LogP contribution in [0.1, 0.15) is 29.8 Å². The molecule has 0 spiro atoms. The minimum absolute atomic E-state index is 0.0621. The molecule has 1 aromatic rings. The lowest BCUT2D eigenvalue weighted by atomic mass is 10.3. The van der Waals surface area contributed by atoms with Gasteiger partial charge in [-0.15, -0.1) is 0 Å². The molecule has 5 nitrogen and oxygen atoms in total. The Morgan fingerprint density at radius 1 is 1.32 bits per heavy atom. The van der Waals surface area contributed by atoms with Crippen molar-refractivity contribution in [3.63, 3.8) is 0 Å². The van der Waals surface area contributed by atoms with Crippen molar-refractivity contribution >= 4 is 35.0 Å². The summed E-state index contributed by atoms with van der Waals surface area (Å²) < 4.78 is 0. The third-order valence-electron chi connectivity index (χ3n) is 2.61. The van der Waals surface area contributed by atoms with Crippen LogP contribution in [0.4, 0.5) is 0 Å². The maximum Gasteiger partial charge on any atom is 0.271 e. The molecule has 2 N–H and O–H groups in total. The van der Waals surface area contributed by atoms with Gasteiger partial charge < -0.3 is 10.6 Å². The highest BCUT2D eigenvalue weighted by Crippen LogP contribution is 2.18. The van der Waals surface area contributed by atoms with Gasteiger partial charge in [-0.05, 0) is 25.0 Å². The summed E-state index contributed by atoms with van der Waals surface area (Å²) in [5, 5.41) is 5.84. The predicted octanol–water partition coefficient (Wildman–Crippen LogP) is 1.79. The van der Waals surface area contributed by atoms with Gasteiger partial charge in [-0.3, -0.25) is 9.59 Å². The molecule has 0 aromatic carbocycles. The summed E-state index contributed by atoms with van der Waals surface area (Å²) in [4.78, 5) is 27.0. The number of carbonyl (C=O) groups excluding carboxylic acids is 2. The molecule has 2 amide bonds. The molecule has 1 fully saturated rings. The largest absolute Gasteiger partial charge is 0.353 e. The van der Waals surface area contributed by atoms with Crippen LogP contribution in [0.3, 0.4) is 0 Å². The third-order valence-corrected chi connectivity index (χ3v) is 3.12. The predicted molar refractivity (Wildman–Crippen MR) is 72.4 cm³/mol. The molecule has 0 unspecified atom stereocenters. The average Bonchev–Trinajstić information content (AvgIpc) is 3.16. The van der Waals surface area contributed by atoms with Crippen LogP contribution >= 0.6 is 23.2 Å². The van der Waals surface area contributed by atoms with Crippen molar-refractivity contribution in [1.82, 2.24) is 15.6 Å². The van der Waals surface area contributed by atoms with Gasteiger partial charge in [0.2, 0.25) is 5.91 Å². The number of nitrogens with one attached hydrogen (secondary N) is 2. The van der Waals surface area contributed by atoms with Crippen molar-refractivity contribution in [1.29, 1.82) is 0 Å².